The molecule has 2 amide bonds. The summed E-state index contributed by atoms with van der Waals surface area (Å²) in [6.45, 7) is 5.16. The zero-order chi connectivity index (χ0) is 31.1. The number of likely N-dealkylation sites (N-methyl/N-ethyl adjacent to an activating group) is 1. The largest absolute Gasteiger partial charge is 0.357 e. The maximum absolute atomic E-state index is 14.4. The standard InChI is InChI=1S/C34H36ClN3O4S/c1-24-14-17-30(18-15-24)43(41,42)38(31-19-16-29(35)20-26(31)3)23-33(39)37(22-28-13-9-8-10-25(28)2)32(34(40)36-4)21-27-11-6-5-7-12-27/h5-20,32H,21-23H2,1-4H3,(H,36,40). The van der Waals surface area contributed by atoms with E-state index in [9.17, 15) is 18.0 Å². The molecule has 4 aromatic rings. The van der Waals surface area contributed by atoms with E-state index in [1.54, 1.807) is 37.3 Å². The van der Waals surface area contributed by atoms with Gasteiger partial charge in [-0.15, -0.1) is 0 Å². The van der Waals surface area contributed by atoms with Crippen molar-refractivity contribution in [1.29, 1.82) is 0 Å². The van der Waals surface area contributed by atoms with Crippen LogP contribution in [0.5, 0.6) is 0 Å². The predicted molar refractivity (Wildman–Crippen MR) is 172 cm³/mol. The number of hydrogen-bond acceptors (Lipinski definition) is 4. The number of hydrogen-bond donors (Lipinski definition) is 1. The highest BCUT2D eigenvalue weighted by Gasteiger charge is 2.35. The molecule has 0 saturated carbocycles. The summed E-state index contributed by atoms with van der Waals surface area (Å²) in [5.74, 6) is -0.862. The number of benzene rings is 4. The molecule has 0 aliphatic carbocycles. The number of anilines is 1. The molecule has 1 atom stereocenters. The number of nitrogens with one attached hydrogen (secondary N) is 1. The third-order valence-electron chi connectivity index (χ3n) is 7.43. The van der Waals surface area contributed by atoms with E-state index in [0.717, 1.165) is 26.6 Å². The minimum atomic E-state index is -4.18. The molecule has 224 valence electrons. The molecular formula is C34H36ClN3O4S. The van der Waals surface area contributed by atoms with Crippen LogP contribution in [0.2, 0.25) is 5.02 Å². The summed E-state index contributed by atoms with van der Waals surface area (Å²) in [4.78, 5) is 29.3. The van der Waals surface area contributed by atoms with Crippen LogP contribution in [0.25, 0.3) is 0 Å². The quantitative estimate of drug-likeness (QED) is 0.229. The Balaban J connectivity index is 1.82. The average molecular weight is 618 g/mol. The smallest absolute Gasteiger partial charge is 0.264 e. The van der Waals surface area contributed by atoms with Crippen molar-refractivity contribution in [3.05, 3.63) is 130 Å². The van der Waals surface area contributed by atoms with Crippen LogP contribution in [0, 0.1) is 20.8 Å². The van der Waals surface area contributed by atoms with Crippen molar-refractivity contribution in [2.75, 3.05) is 17.9 Å². The Morgan fingerprint density at radius 3 is 2.12 bits per heavy atom. The molecule has 0 bridgehead atoms. The Bertz CT molecular complexity index is 1690. The molecule has 4 aromatic carbocycles. The second kappa shape index (κ2) is 13.9. The molecule has 0 aliphatic rings. The van der Waals surface area contributed by atoms with Crippen molar-refractivity contribution in [1.82, 2.24) is 10.2 Å². The molecule has 9 heteroatoms. The van der Waals surface area contributed by atoms with Gasteiger partial charge in [0.2, 0.25) is 11.8 Å². The Kier molecular flexibility index (Phi) is 10.3. The molecule has 43 heavy (non-hydrogen) atoms. The lowest BCUT2D eigenvalue weighted by atomic mass is 10.0. The number of rotatable bonds is 11. The maximum atomic E-state index is 14.4. The van der Waals surface area contributed by atoms with Crippen LogP contribution in [0.15, 0.2) is 102 Å². The average Bonchev–Trinajstić information content (AvgIpc) is 2.99. The van der Waals surface area contributed by atoms with E-state index in [1.165, 1.54) is 24.1 Å². The highest BCUT2D eigenvalue weighted by Crippen LogP contribution is 2.30. The summed E-state index contributed by atoms with van der Waals surface area (Å²) in [5, 5.41) is 3.15. The highest BCUT2D eigenvalue weighted by molar-refractivity contribution is 7.92. The first-order valence-corrected chi connectivity index (χ1v) is 15.8. The van der Waals surface area contributed by atoms with E-state index in [0.29, 0.717) is 16.3 Å². The molecule has 0 saturated heterocycles. The van der Waals surface area contributed by atoms with Crippen LogP contribution in [0.3, 0.4) is 0 Å². The van der Waals surface area contributed by atoms with Crippen LogP contribution in [0.1, 0.15) is 27.8 Å². The molecule has 1 N–H and O–H groups in total. The van der Waals surface area contributed by atoms with Crippen molar-refractivity contribution in [3.63, 3.8) is 0 Å². The van der Waals surface area contributed by atoms with Gasteiger partial charge >= 0.3 is 0 Å². The van der Waals surface area contributed by atoms with Crippen molar-refractivity contribution in [2.24, 2.45) is 0 Å². The van der Waals surface area contributed by atoms with E-state index in [4.69, 9.17) is 11.6 Å². The fourth-order valence-electron chi connectivity index (χ4n) is 4.94. The number of carbonyl (C=O) groups is 2. The molecule has 0 fully saturated rings. The summed E-state index contributed by atoms with van der Waals surface area (Å²) in [7, 11) is -2.65. The van der Waals surface area contributed by atoms with Gasteiger partial charge in [0.05, 0.1) is 10.6 Å². The number of aryl methyl sites for hydroxylation is 3. The minimum absolute atomic E-state index is 0.0536. The van der Waals surface area contributed by atoms with Crippen LogP contribution in [-0.2, 0) is 32.6 Å². The summed E-state index contributed by atoms with van der Waals surface area (Å²) in [6, 6.07) is 27.5. The number of sulfonamides is 1. The molecular weight excluding hydrogens is 582 g/mol. The van der Waals surface area contributed by atoms with E-state index in [1.807, 2.05) is 68.4 Å². The first-order chi connectivity index (χ1) is 20.5. The maximum Gasteiger partial charge on any atom is 0.264 e. The number of carbonyl (C=O) groups excluding carboxylic acids is 2. The molecule has 7 nitrogen and oxygen atoms in total. The molecule has 0 spiro atoms. The predicted octanol–water partition coefficient (Wildman–Crippen LogP) is 5.85. The van der Waals surface area contributed by atoms with Gasteiger partial charge < -0.3 is 10.2 Å². The summed E-state index contributed by atoms with van der Waals surface area (Å²) >= 11 is 6.21. The first-order valence-electron chi connectivity index (χ1n) is 14.0. The number of nitrogens with zero attached hydrogens (tertiary/aromatic N) is 2. The molecule has 0 aliphatic heterocycles. The fourth-order valence-corrected chi connectivity index (χ4v) is 6.65. The molecule has 0 heterocycles. The fraction of sp³-hybridized carbons (Fsp3) is 0.235. The number of amides is 2. The third-order valence-corrected chi connectivity index (χ3v) is 9.44. The lowest BCUT2D eigenvalue weighted by molar-refractivity contribution is -0.139. The van der Waals surface area contributed by atoms with Crippen molar-refractivity contribution < 1.29 is 18.0 Å². The SMILES string of the molecule is CNC(=O)C(Cc1ccccc1)N(Cc1ccccc1C)C(=O)CN(c1ccc(Cl)cc1C)S(=O)(=O)c1ccc(C)cc1. The highest BCUT2D eigenvalue weighted by atomic mass is 35.5. The summed E-state index contributed by atoms with van der Waals surface area (Å²) in [5.41, 5.74) is 4.50. The van der Waals surface area contributed by atoms with Gasteiger partial charge in [0.15, 0.2) is 0 Å². The van der Waals surface area contributed by atoms with Gasteiger partial charge in [0.1, 0.15) is 12.6 Å². The Hall–Kier alpha value is -4.14. The second-order valence-corrected chi connectivity index (χ2v) is 12.8. The second-order valence-electron chi connectivity index (χ2n) is 10.5. The van der Waals surface area contributed by atoms with Crippen molar-refractivity contribution in [2.45, 2.75) is 44.7 Å². The molecule has 1 unspecified atom stereocenters. The lowest BCUT2D eigenvalue weighted by Gasteiger charge is -2.34. The first kappa shape index (κ1) is 31.8. The Morgan fingerprint density at radius 1 is 0.837 bits per heavy atom. The van der Waals surface area contributed by atoms with Gasteiger partial charge in [0.25, 0.3) is 10.0 Å². The third kappa shape index (κ3) is 7.63. The van der Waals surface area contributed by atoms with Crippen molar-refractivity contribution in [3.8, 4) is 0 Å². The summed E-state index contributed by atoms with van der Waals surface area (Å²) < 4.78 is 29.4. The van der Waals surface area contributed by atoms with Gasteiger partial charge in [0, 0.05) is 25.0 Å². The molecule has 0 aromatic heterocycles. The van der Waals surface area contributed by atoms with E-state index in [-0.39, 0.29) is 23.8 Å². The molecule has 0 radical (unpaired) electrons. The van der Waals surface area contributed by atoms with Gasteiger partial charge in [-0.05, 0) is 73.4 Å². The minimum Gasteiger partial charge on any atom is -0.357 e. The van der Waals surface area contributed by atoms with Crippen molar-refractivity contribution >= 4 is 39.1 Å². The van der Waals surface area contributed by atoms with Crippen LogP contribution in [-0.4, -0.2) is 44.8 Å². The number of halogens is 1. The summed E-state index contributed by atoms with van der Waals surface area (Å²) in [6.07, 6.45) is 0.253. The molecule has 4 rings (SSSR count). The normalized spacial score (nSPS) is 11.9. The Labute approximate surface area is 259 Å². The van der Waals surface area contributed by atoms with Gasteiger partial charge in [-0.2, -0.15) is 0 Å². The monoisotopic (exact) mass is 617 g/mol. The van der Waals surface area contributed by atoms with E-state index >= 15 is 0 Å². The zero-order valence-corrected chi connectivity index (χ0v) is 26.3. The van der Waals surface area contributed by atoms with Gasteiger partial charge in [-0.1, -0.05) is 83.9 Å². The van der Waals surface area contributed by atoms with Crippen LogP contribution < -0.4 is 9.62 Å². The van der Waals surface area contributed by atoms with Gasteiger partial charge in [-0.25, -0.2) is 8.42 Å². The van der Waals surface area contributed by atoms with E-state index < -0.39 is 28.5 Å². The van der Waals surface area contributed by atoms with Crippen LogP contribution >= 0.6 is 11.6 Å². The lowest BCUT2D eigenvalue weighted by Crippen LogP contribution is -2.53. The topological polar surface area (TPSA) is 86.8 Å². The zero-order valence-electron chi connectivity index (χ0n) is 24.7. The van der Waals surface area contributed by atoms with Gasteiger partial charge in [-0.3, -0.25) is 13.9 Å². The Morgan fingerprint density at radius 2 is 1.49 bits per heavy atom. The van der Waals surface area contributed by atoms with E-state index in [2.05, 4.69) is 5.32 Å². The van der Waals surface area contributed by atoms with Crippen LogP contribution in [0.4, 0.5) is 5.69 Å².